The Labute approximate surface area is 112 Å². The molecule has 1 fully saturated rings. The van der Waals surface area contributed by atoms with Crippen LogP contribution in [0.1, 0.15) is 36.1 Å². The van der Waals surface area contributed by atoms with Crippen LogP contribution in [0.4, 0.5) is 0 Å². The van der Waals surface area contributed by atoms with Crippen LogP contribution >= 0.6 is 11.6 Å². The minimum atomic E-state index is 0.453. The Bertz CT molecular complexity index is 517. The predicted molar refractivity (Wildman–Crippen MR) is 71.7 cm³/mol. The summed E-state index contributed by atoms with van der Waals surface area (Å²) in [5.74, 6) is 2.45. The van der Waals surface area contributed by atoms with E-state index in [1.807, 2.05) is 6.07 Å². The van der Waals surface area contributed by atoms with Crippen molar-refractivity contribution in [2.45, 2.75) is 37.6 Å². The van der Waals surface area contributed by atoms with E-state index in [2.05, 4.69) is 39.0 Å². The highest BCUT2D eigenvalue weighted by molar-refractivity contribution is 6.16. The molecule has 0 saturated heterocycles. The van der Waals surface area contributed by atoms with Gasteiger partial charge in [-0.3, -0.25) is 0 Å². The van der Waals surface area contributed by atoms with Crippen LogP contribution in [0, 0.1) is 0 Å². The van der Waals surface area contributed by atoms with E-state index >= 15 is 0 Å². The second-order valence-electron chi connectivity index (χ2n) is 4.75. The van der Waals surface area contributed by atoms with Crippen molar-refractivity contribution in [3.05, 3.63) is 47.5 Å². The topological polar surface area (TPSA) is 30.7 Å². The molecule has 3 rings (SSSR count). The lowest BCUT2D eigenvalue weighted by Gasteiger charge is -2.07. The second-order valence-corrected chi connectivity index (χ2v) is 5.02. The molecule has 0 spiro atoms. The molecule has 1 aliphatic rings. The molecule has 18 heavy (non-hydrogen) atoms. The van der Waals surface area contributed by atoms with Crippen molar-refractivity contribution in [1.29, 1.82) is 0 Å². The summed E-state index contributed by atoms with van der Waals surface area (Å²) in [6, 6.07) is 11.1. The number of alkyl halides is 1. The normalized spacial score (nSPS) is 14.9. The number of aromatic nitrogens is 3. The monoisotopic (exact) mass is 261 g/mol. The number of nitrogens with zero attached hydrogens (tertiary/aromatic N) is 3. The molecule has 1 aliphatic carbocycles. The molecule has 0 radical (unpaired) electrons. The Morgan fingerprint density at radius 1 is 1.06 bits per heavy atom. The van der Waals surface area contributed by atoms with Gasteiger partial charge >= 0.3 is 0 Å². The van der Waals surface area contributed by atoms with Crippen LogP contribution in [0.3, 0.4) is 0 Å². The number of hydrogen-bond acceptors (Lipinski definition) is 2. The molecule has 0 unspecified atom stereocenters. The molecule has 94 valence electrons. The summed E-state index contributed by atoms with van der Waals surface area (Å²) < 4.78 is 2.25. The van der Waals surface area contributed by atoms with Crippen LogP contribution in [0.15, 0.2) is 30.3 Å². The summed E-state index contributed by atoms with van der Waals surface area (Å²) in [4.78, 5) is 0. The molecule has 2 aromatic rings. The number of halogens is 1. The van der Waals surface area contributed by atoms with Crippen molar-refractivity contribution >= 4 is 11.6 Å². The molecule has 1 saturated carbocycles. The first-order valence-corrected chi connectivity index (χ1v) is 6.94. The van der Waals surface area contributed by atoms with E-state index in [4.69, 9.17) is 11.6 Å². The van der Waals surface area contributed by atoms with E-state index in [9.17, 15) is 0 Å². The van der Waals surface area contributed by atoms with Crippen LogP contribution in [-0.4, -0.2) is 14.8 Å². The maximum absolute atomic E-state index is 5.91. The molecule has 0 bridgehead atoms. The van der Waals surface area contributed by atoms with E-state index in [0.29, 0.717) is 11.9 Å². The maximum Gasteiger partial charge on any atom is 0.148 e. The first kappa shape index (κ1) is 11.7. The summed E-state index contributed by atoms with van der Waals surface area (Å²) in [6.07, 6.45) is 4.42. The number of rotatable bonds is 5. The SMILES string of the molecule is ClCc1nnc(CCc2ccccc2)n1C1CC1. The van der Waals surface area contributed by atoms with E-state index in [1.165, 1.54) is 18.4 Å². The van der Waals surface area contributed by atoms with Crippen LogP contribution in [-0.2, 0) is 18.7 Å². The predicted octanol–water partition coefficient (Wildman–Crippen LogP) is 3.14. The number of benzene rings is 1. The Morgan fingerprint density at radius 2 is 1.78 bits per heavy atom. The molecule has 1 aromatic heterocycles. The average molecular weight is 262 g/mol. The Hall–Kier alpha value is -1.35. The molecule has 0 atom stereocenters. The molecular weight excluding hydrogens is 246 g/mol. The van der Waals surface area contributed by atoms with Crippen molar-refractivity contribution in [2.24, 2.45) is 0 Å². The van der Waals surface area contributed by atoms with Crippen LogP contribution < -0.4 is 0 Å². The van der Waals surface area contributed by atoms with Gasteiger partial charge < -0.3 is 4.57 Å². The molecule has 3 nitrogen and oxygen atoms in total. The molecule has 1 aromatic carbocycles. The Balaban J connectivity index is 1.74. The van der Waals surface area contributed by atoms with Crippen molar-refractivity contribution in [3.8, 4) is 0 Å². The third kappa shape index (κ3) is 2.41. The van der Waals surface area contributed by atoms with Gasteiger partial charge in [0, 0.05) is 12.5 Å². The fourth-order valence-corrected chi connectivity index (χ4v) is 2.46. The van der Waals surface area contributed by atoms with Gasteiger partial charge in [0.15, 0.2) is 0 Å². The van der Waals surface area contributed by atoms with Gasteiger partial charge in [0.05, 0.1) is 5.88 Å². The van der Waals surface area contributed by atoms with Gasteiger partial charge in [0.2, 0.25) is 0 Å². The highest BCUT2D eigenvalue weighted by atomic mass is 35.5. The zero-order valence-corrected chi connectivity index (χ0v) is 11.0. The fraction of sp³-hybridized carbons (Fsp3) is 0.429. The smallest absolute Gasteiger partial charge is 0.148 e. The summed E-state index contributed by atoms with van der Waals surface area (Å²) in [7, 11) is 0. The first-order valence-electron chi connectivity index (χ1n) is 6.41. The highest BCUT2D eigenvalue weighted by Crippen LogP contribution is 2.37. The third-order valence-electron chi connectivity index (χ3n) is 3.35. The van der Waals surface area contributed by atoms with E-state index < -0.39 is 0 Å². The van der Waals surface area contributed by atoms with Gasteiger partial charge in [-0.15, -0.1) is 21.8 Å². The van der Waals surface area contributed by atoms with Gasteiger partial charge in [0.1, 0.15) is 11.6 Å². The van der Waals surface area contributed by atoms with Crippen molar-refractivity contribution < 1.29 is 0 Å². The standard InChI is InChI=1S/C14H16ClN3/c15-10-14-17-16-13(18(14)12-7-8-12)9-6-11-4-2-1-3-5-11/h1-5,12H,6-10H2. The molecule has 0 N–H and O–H groups in total. The number of aryl methyl sites for hydroxylation is 2. The number of hydrogen-bond donors (Lipinski definition) is 0. The Morgan fingerprint density at radius 3 is 2.44 bits per heavy atom. The quantitative estimate of drug-likeness (QED) is 0.774. The van der Waals surface area contributed by atoms with Gasteiger partial charge in [-0.2, -0.15) is 0 Å². The largest absolute Gasteiger partial charge is 0.311 e. The molecule has 1 heterocycles. The zero-order valence-electron chi connectivity index (χ0n) is 10.2. The van der Waals surface area contributed by atoms with E-state index in [-0.39, 0.29) is 0 Å². The third-order valence-corrected chi connectivity index (χ3v) is 3.59. The Kier molecular flexibility index (Phi) is 3.33. The highest BCUT2D eigenvalue weighted by Gasteiger charge is 2.28. The maximum atomic E-state index is 5.91. The lowest BCUT2D eigenvalue weighted by molar-refractivity contribution is 0.653. The van der Waals surface area contributed by atoms with Crippen molar-refractivity contribution in [3.63, 3.8) is 0 Å². The van der Waals surface area contributed by atoms with E-state index in [0.717, 1.165) is 24.5 Å². The lowest BCUT2D eigenvalue weighted by atomic mass is 10.1. The van der Waals surface area contributed by atoms with Gasteiger partial charge in [0.25, 0.3) is 0 Å². The van der Waals surface area contributed by atoms with Gasteiger partial charge in [-0.05, 0) is 24.8 Å². The fourth-order valence-electron chi connectivity index (χ4n) is 2.28. The first-order chi connectivity index (χ1) is 8.88. The van der Waals surface area contributed by atoms with E-state index in [1.54, 1.807) is 0 Å². The van der Waals surface area contributed by atoms with Crippen LogP contribution in [0.25, 0.3) is 0 Å². The molecule has 4 heteroatoms. The summed E-state index contributed by atoms with van der Waals surface area (Å²) in [5, 5.41) is 8.48. The zero-order chi connectivity index (χ0) is 12.4. The van der Waals surface area contributed by atoms with Gasteiger partial charge in [-0.1, -0.05) is 30.3 Å². The minimum absolute atomic E-state index is 0.453. The second kappa shape index (κ2) is 5.11. The van der Waals surface area contributed by atoms with Crippen LogP contribution in [0.2, 0.25) is 0 Å². The van der Waals surface area contributed by atoms with Crippen molar-refractivity contribution in [2.75, 3.05) is 0 Å². The lowest BCUT2D eigenvalue weighted by Crippen LogP contribution is -2.06. The summed E-state index contributed by atoms with van der Waals surface area (Å²) in [5.41, 5.74) is 1.34. The van der Waals surface area contributed by atoms with Crippen molar-refractivity contribution in [1.82, 2.24) is 14.8 Å². The minimum Gasteiger partial charge on any atom is -0.311 e. The molecule has 0 aliphatic heterocycles. The van der Waals surface area contributed by atoms with Crippen LogP contribution in [0.5, 0.6) is 0 Å². The molecular formula is C14H16ClN3. The summed E-state index contributed by atoms with van der Waals surface area (Å²) in [6.45, 7) is 0. The van der Waals surface area contributed by atoms with Gasteiger partial charge in [-0.25, -0.2) is 0 Å². The molecule has 0 amide bonds. The summed E-state index contributed by atoms with van der Waals surface area (Å²) >= 11 is 5.91. The average Bonchev–Trinajstić information content (AvgIpc) is 3.18.